The zero-order valence-electron chi connectivity index (χ0n) is 10.3. The van der Waals surface area contributed by atoms with Crippen LogP contribution in [0.1, 0.15) is 44.3 Å². The minimum atomic E-state index is 0.282. The second kappa shape index (κ2) is 5.22. The summed E-state index contributed by atoms with van der Waals surface area (Å²) in [6, 6.07) is 0. The fraction of sp³-hybridized carbons (Fsp3) is 0.615. The second-order valence-corrected chi connectivity index (χ2v) is 5.39. The zero-order chi connectivity index (χ0) is 12.4. The number of anilines is 1. The lowest BCUT2D eigenvalue weighted by Gasteiger charge is -2.12. The van der Waals surface area contributed by atoms with Crippen molar-refractivity contribution in [3.8, 4) is 0 Å². The molecular formula is C13H17ClN4. The second-order valence-electron chi connectivity index (χ2n) is 5.05. The van der Waals surface area contributed by atoms with E-state index in [-0.39, 0.29) is 5.28 Å². The van der Waals surface area contributed by atoms with Gasteiger partial charge in [-0.05, 0) is 61.6 Å². The Hall–Kier alpha value is -1.16. The van der Waals surface area contributed by atoms with E-state index in [1.807, 2.05) is 0 Å². The molecule has 1 heterocycles. The maximum atomic E-state index is 5.97. The Morgan fingerprint density at radius 3 is 2.83 bits per heavy atom. The van der Waals surface area contributed by atoms with Gasteiger partial charge in [0, 0.05) is 6.54 Å². The van der Waals surface area contributed by atoms with Crippen molar-refractivity contribution in [3.05, 3.63) is 17.2 Å². The van der Waals surface area contributed by atoms with Crippen molar-refractivity contribution in [3.63, 3.8) is 0 Å². The highest BCUT2D eigenvalue weighted by atomic mass is 35.5. The quantitative estimate of drug-likeness (QED) is 0.907. The van der Waals surface area contributed by atoms with Gasteiger partial charge in [-0.15, -0.1) is 0 Å². The summed E-state index contributed by atoms with van der Waals surface area (Å²) in [5.74, 6) is 2.15. The molecule has 0 saturated heterocycles. The summed E-state index contributed by atoms with van der Waals surface area (Å²) >= 11 is 5.97. The van der Waals surface area contributed by atoms with Crippen LogP contribution in [-0.4, -0.2) is 21.5 Å². The molecule has 1 fully saturated rings. The highest BCUT2D eigenvalue weighted by Crippen LogP contribution is 2.29. The van der Waals surface area contributed by atoms with Crippen LogP contribution in [0.4, 0.5) is 5.95 Å². The number of allylic oxidation sites excluding steroid dienone is 2. The van der Waals surface area contributed by atoms with Crippen LogP contribution in [0.25, 0.3) is 5.57 Å². The molecule has 0 bridgehead atoms. The third-order valence-corrected chi connectivity index (χ3v) is 3.60. The summed E-state index contributed by atoms with van der Waals surface area (Å²) < 4.78 is 0. The highest BCUT2D eigenvalue weighted by molar-refractivity contribution is 6.28. The fourth-order valence-electron chi connectivity index (χ4n) is 2.17. The van der Waals surface area contributed by atoms with E-state index in [2.05, 4.69) is 26.3 Å². The first-order valence-electron chi connectivity index (χ1n) is 6.66. The minimum absolute atomic E-state index is 0.282. The smallest absolute Gasteiger partial charge is 0.227 e. The Balaban J connectivity index is 1.77. The Morgan fingerprint density at radius 1 is 1.22 bits per heavy atom. The molecule has 0 unspecified atom stereocenters. The number of hydrogen-bond acceptors (Lipinski definition) is 4. The molecule has 1 saturated carbocycles. The summed E-state index contributed by atoms with van der Waals surface area (Å²) in [6.07, 6.45) is 9.47. The van der Waals surface area contributed by atoms with Gasteiger partial charge >= 0.3 is 0 Å². The van der Waals surface area contributed by atoms with Crippen molar-refractivity contribution in [2.45, 2.75) is 38.5 Å². The van der Waals surface area contributed by atoms with Gasteiger partial charge in [0.2, 0.25) is 11.2 Å². The number of halogens is 1. The van der Waals surface area contributed by atoms with Crippen molar-refractivity contribution in [2.75, 3.05) is 11.9 Å². The molecule has 1 aromatic rings. The van der Waals surface area contributed by atoms with Gasteiger partial charge in [0.25, 0.3) is 0 Å². The van der Waals surface area contributed by atoms with Crippen LogP contribution in [-0.2, 0) is 0 Å². The molecule has 0 aliphatic heterocycles. The average Bonchev–Trinajstić information content (AvgIpc) is 3.21. The molecule has 0 spiro atoms. The number of aromatic nitrogens is 3. The third-order valence-electron chi connectivity index (χ3n) is 3.43. The van der Waals surface area contributed by atoms with E-state index in [0.717, 1.165) is 31.1 Å². The average molecular weight is 265 g/mol. The molecule has 18 heavy (non-hydrogen) atoms. The normalized spacial score (nSPS) is 19.5. The lowest BCUT2D eigenvalue weighted by Crippen LogP contribution is -2.10. The first-order valence-corrected chi connectivity index (χ1v) is 7.04. The van der Waals surface area contributed by atoms with Gasteiger partial charge in [-0.2, -0.15) is 15.0 Å². The summed E-state index contributed by atoms with van der Waals surface area (Å²) in [4.78, 5) is 12.8. The van der Waals surface area contributed by atoms with Crippen molar-refractivity contribution in [1.29, 1.82) is 0 Å². The summed E-state index contributed by atoms with van der Waals surface area (Å²) in [5.41, 5.74) is 1.21. The minimum Gasteiger partial charge on any atom is -0.354 e. The van der Waals surface area contributed by atoms with Crippen molar-refractivity contribution < 1.29 is 0 Å². The molecular weight excluding hydrogens is 248 g/mol. The molecule has 0 amide bonds. The van der Waals surface area contributed by atoms with Crippen LogP contribution in [0.15, 0.2) is 6.08 Å². The maximum absolute atomic E-state index is 5.97. The molecule has 2 aliphatic rings. The largest absolute Gasteiger partial charge is 0.354 e. The monoisotopic (exact) mass is 264 g/mol. The van der Waals surface area contributed by atoms with E-state index in [1.54, 1.807) is 0 Å². The fourth-order valence-corrected chi connectivity index (χ4v) is 2.33. The molecule has 4 nitrogen and oxygen atoms in total. The summed E-state index contributed by atoms with van der Waals surface area (Å²) in [5, 5.41) is 3.54. The zero-order valence-corrected chi connectivity index (χ0v) is 11.1. The highest BCUT2D eigenvalue weighted by Gasteiger charge is 2.21. The van der Waals surface area contributed by atoms with E-state index in [9.17, 15) is 0 Å². The third kappa shape index (κ3) is 2.99. The number of nitrogens with one attached hydrogen (secondary N) is 1. The lowest BCUT2D eigenvalue weighted by molar-refractivity contribution is 0.735. The first-order chi connectivity index (χ1) is 8.81. The van der Waals surface area contributed by atoms with Gasteiger partial charge in [0.05, 0.1) is 0 Å². The predicted octanol–water partition coefficient (Wildman–Crippen LogP) is 3.30. The predicted molar refractivity (Wildman–Crippen MR) is 72.5 cm³/mol. The SMILES string of the molecule is Clc1nc(NCC2CC2)nc(C2=CCCCC2)n1. The topological polar surface area (TPSA) is 50.7 Å². The van der Waals surface area contributed by atoms with Crippen LogP contribution in [0.2, 0.25) is 5.28 Å². The van der Waals surface area contributed by atoms with Gasteiger partial charge in [-0.25, -0.2) is 0 Å². The van der Waals surface area contributed by atoms with E-state index in [0.29, 0.717) is 5.95 Å². The van der Waals surface area contributed by atoms with E-state index in [4.69, 9.17) is 11.6 Å². The van der Waals surface area contributed by atoms with Gasteiger partial charge in [-0.3, -0.25) is 0 Å². The maximum Gasteiger partial charge on any atom is 0.227 e. The Morgan fingerprint density at radius 2 is 2.11 bits per heavy atom. The van der Waals surface area contributed by atoms with Crippen molar-refractivity contribution >= 4 is 23.1 Å². The van der Waals surface area contributed by atoms with Crippen LogP contribution in [0.3, 0.4) is 0 Å². The van der Waals surface area contributed by atoms with Crippen LogP contribution in [0.5, 0.6) is 0 Å². The number of hydrogen-bond donors (Lipinski definition) is 1. The molecule has 5 heteroatoms. The van der Waals surface area contributed by atoms with Crippen molar-refractivity contribution in [2.24, 2.45) is 5.92 Å². The van der Waals surface area contributed by atoms with Crippen molar-refractivity contribution in [1.82, 2.24) is 15.0 Å². The summed E-state index contributed by atoms with van der Waals surface area (Å²) in [7, 11) is 0. The van der Waals surface area contributed by atoms with Gasteiger partial charge < -0.3 is 5.32 Å². The Bertz CT molecular complexity index is 468. The number of nitrogens with zero attached hydrogens (tertiary/aromatic N) is 3. The Labute approximate surface area is 112 Å². The van der Waals surface area contributed by atoms with Crippen LogP contribution < -0.4 is 5.32 Å². The van der Waals surface area contributed by atoms with Crippen LogP contribution >= 0.6 is 11.6 Å². The van der Waals surface area contributed by atoms with Crippen LogP contribution in [0, 0.1) is 5.92 Å². The summed E-state index contributed by atoms with van der Waals surface area (Å²) in [6.45, 7) is 0.943. The van der Waals surface area contributed by atoms with Gasteiger partial charge in [0.1, 0.15) is 0 Å². The molecule has 3 rings (SSSR count). The lowest BCUT2D eigenvalue weighted by atomic mass is 9.99. The molecule has 1 aromatic heterocycles. The Kier molecular flexibility index (Phi) is 3.46. The first kappa shape index (κ1) is 11.9. The molecule has 0 atom stereocenters. The molecule has 2 aliphatic carbocycles. The molecule has 96 valence electrons. The van der Waals surface area contributed by atoms with E-state index >= 15 is 0 Å². The molecule has 1 N–H and O–H groups in total. The van der Waals surface area contributed by atoms with E-state index < -0.39 is 0 Å². The number of rotatable bonds is 4. The van der Waals surface area contributed by atoms with Gasteiger partial charge in [0.15, 0.2) is 5.82 Å². The van der Waals surface area contributed by atoms with E-state index in [1.165, 1.54) is 31.3 Å². The van der Waals surface area contributed by atoms with Gasteiger partial charge in [-0.1, -0.05) is 6.08 Å². The standard InChI is InChI=1S/C13H17ClN4/c14-12-16-11(10-4-2-1-3-5-10)17-13(18-12)15-8-9-6-7-9/h4,9H,1-3,5-8H2,(H,15,16,17,18). The molecule has 0 aromatic carbocycles. The molecule has 0 radical (unpaired) electrons.